The molecule has 1 aliphatic carbocycles. The SMILES string of the molecule is C/C(=C\CBr)CCC1CC1.c1ccc(P(c2ccccc2)c2ccccc2)cc1. The molecule has 0 bridgehead atoms. The maximum absolute atomic E-state index is 3.40. The minimum atomic E-state index is -0.446. The van der Waals surface area contributed by atoms with E-state index in [1.165, 1.54) is 41.6 Å². The predicted molar refractivity (Wildman–Crippen MR) is 135 cm³/mol. The number of benzene rings is 3. The van der Waals surface area contributed by atoms with Gasteiger partial charge >= 0.3 is 0 Å². The van der Waals surface area contributed by atoms with Crippen molar-refractivity contribution in [2.24, 2.45) is 5.92 Å². The first-order valence-corrected chi connectivity index (χ1v) is 12.9. The lowest BCUT2D eigenvalue weighted by atomic mass is 10.1. The van der Waals surface area contributed by atoms with Crippen LogP contribution in [-0.4, -0.2) is 5.33 Å². The molecule has 1 saturated carbocycles. The molecule has 0 aliphatic heterocycles. The Morgan fingerprint density at radius 1 is 0.793 bits per heavy atom. The summed E-state index contributed by atoms with van der Waals surface area (Å²) in [6, 6.07) is 32.3. The van der Waals surface area contributed by atoms with Crippen LogP contribution in [0.15, 0.2) is 103 Å². The standard InChI is InChI=1S/C18H15P.C9H15Br/c1-4-10-16(11-5-1)19(17-12-6-2-7-13-17)18-14-8-3-9-15-18;1-8(6-7-10)2-3-9-4-5-9/h1-15H;6,9H,2-5,7H2,1H3/b;8-6+. The third-order valence-electron chi connectivity index (χ3n) is 5.11. The first-order chi connectivity index (χ1) is 14.3. The summed E-state index contributed by atoms with van der Waals surface area (Å²) < 4.78 is 0. The smallest absolute Gasteiger partial charge is 0.0214 e. The normalized spacial score (nSPS) is 13.7. The van der Waals surface area contributed by atoms with Crippen molar-refractivity contribution < 1.29 is 0 Å². The Balaban J connectivity index is 0.000000204. The lowest BCUT2D eigenvalue weighted by Crippen LogP contribution is -2.20. The summed E-state index contributed by atoms with van der Waals surface area (Å²) in [5.74, 6) is 1.08. The fourth-order valence-corrected chi connectivity index (χ4v) is 6.11. The molecule has 0 aromatic heterocycles. The van der Waals surface area contributed by atoms with Gasteiger partial charge in [-0.1, -0.05) is 131 Å². The van der Waals surface area contributed by atoms with E-state index in [0.717, 1.165) is 11.2 Å². The highest BCUT2D eigenvalue weighted by Crippen LogP contribution is 2.34. The summed E-state index contributed by atoms with van der Waals surface area (Å²) in [7, 11) is -0.446. The summed E-state index contributed by atoms with van der Waals surface area (Å²) >= 11 is 3.40. The summed E-state index contributed by atoms with van der Waals surface area (Å²) in [4.78, 5) is 0. The molecule has 0 saturated heterocycles. The maximum atomic E-state index is 3.40. The van der Waals surface area contributed by atoms with Crippen LogP contribution in [0.3, 0.4) is 0 Å². The molecule has 4 rings (SSSR count). The number of rotatable bonds is 7. The summed E-state index contributed by atoms with van der Waals surface area (Å²) in [6.45, 7) is 2.23. The molecular weight excluding hydrogens is 435 g/mol. The van der Waals surface area contributed by atoms with Crippen LogP contribution in [0.25, 0.3) is 0 Å². The monoisotopic (exact) mass is 464 g/mol. The number of alkyl halides is 1. The van der Waals surface area contributed by atoms with Crippen molar-refractivity contribution in [3.8, 4) is 0 Å². The van der Waals surface area contributed by atoms with Crippen LogP contribution in [0.1, 0.15) is 32.6 Å². The number of hydrogen-bond acceptors (Lipinski definition) is 0. The van der Waals surface area contributed by atoms with Crippen molar-refractivity contribution in [1.82, 2.24) is 0 Å². The summed E-state index contributed by atoms with van der Waals surface area (Å²) in [5.41, 5.74) is 1.55. The lowest BCUT2D eigenvalue weighted by Gasteiger charge is -2.18. The number of halogens is 1. The van der Waals surface area contributed by atoms with Crippen molar-refractivity contribution in [3.63, 3.8) is 0 Å². The molecule has 0 unspecified atom stereocenters. The fourth-order valence-electron chi connectivity index (χ4n) is 3.25. The van der Waals surface area contributed by atoms with E-state index in [2.05, 4.69) is 120 Å². The second kappa shape index (κ2) is 12.1. The van der Waals surface area contributed by atoms with Gasteiger partial charge in [-0.05, 0) is 49.5 Å². The van der Waals surface area contributed by atoms with Crippen LogP contribution in [0.2, 0.25) is 0 Å². The van der Waals surface area contributed by atoms with E-state index in [-0.39, 0.29) is 0 Å². The highest BCUT2D eigenvalue weighted by atomic mass is 79.9. The molecule has 1 aliphatic rings. The van der Waals surface area contributed by atoms with Crippen LogP contribution in [-0.2, 0) is 0 Å². The third kappa shape index (κ3) is 7.57. The molecule has 0 heterocycles. The lowest BCUT2D eigenvalue weighted by molar-refractivity contribution is 0.721. The van der Waals surface area contributed by atoms with Crippen LogP contribution in [0.4, 0.5) is 0 Å². The molecule has 0 spiro atoms. The molecule has 0 nitrogen and oxygen atoms in total. The van der Waals surface area contributed by atoms with Crippen molar-refractivity contribution in [1.29, 1.82) is 0 Å². The van der Waals surface area contributed by atoms with Gasteiger partial charge in [-0.3, -0.25) is 0 Å². The largest absolute Gasteiger partial charge is 0.0883 e. The van der Waals surface area contributed by atoms with Gasteiger partial charge in [0.25, 0.3) is 0 Å². The van der Waals surface area contributed by atoms with Gasteiger partial charge in [0.05, 0.1) is 0 Å². The fraction of sp³-hybridized carbons (Fsp3) is 0.259. The van der Waals surface area contributed by atoms with Crippen LogP contribution >= 0.6 is 23.9 Å². The molecule has 0 atom stereocenters. The zero-order chi connectivity index (χ0) is 20.3. The van der Waals surface area contributed by atoms with Gasteiger partial charge in [0.2, 0.25) is 0 Å². The van der Waals surface area contributed by atoms with Crippen molar-refractivity contribution in [2.45, 2.75) is 32.6 Å². The molecule has 3 aromatic carbocycles. The van der Waals surface area contributed by atoms with Gasteiger partial charge in [0.1, 0.15) is 0 Å². The molecular formula is C27H30BrP. The van der Waals surface area contributed by atoms with Gasteiger partial charge in [0, 0.05) is 5.33 Å². The molecule has 2 heteroatoms. The average molecular weight is 465 g/mol. The van der Waals surface area contributed by atoms with Crippen LogP contribution < -0.4 is 15.9 Å². The zero-order valence-electron chi connectivity index (χ0n) is 17.2. The van der Waals surface area contributed by atoms with E-state index in [1.54, 1.807) is 5.57 Å². The third-order valence-corrected chi connectivity index (χ3v) is 7.88. The second-order valence-electron chi connectivity index (χ2n) is 7.53. The maximum Gasteiger partial charge on any atom is 0.0214 e. The topological polar surface area (TPSA) is 0 Å². The Bertz CT molecular complexity index is 761. The van der Waals surface area contributed by atoms with E-state index < -0.39 is 7.92 Å². The van der Waals surface area contributed by atoms with E-state index in [1.807, 2.05) is 0 Å². The van der Waals surface area contributed by atoms with Gasteiger partial charge < -0.3 is 0 Å². The van der Waals surface area contributed by atoms with E-state index in [0.29, 0.717) is 0 Å². The minimum absolute atomic E-state index is 0.446. The Morgan fingerprint density at radius 3 is 1.55 bits per heavy atom. The summed E-state index contributed by atoms with van der Waals surface area (Å²) in [5, 5.41) is 5.21. The molecule has 3 aromatic rings. The Kier molecular flexibility index (Phi) is 9.19. The number of hydrogen-bond donors (Lipinski definition) is 0. The van der Waals surface area contributed by atoms with Gasteiger partial charge in [0.15, 0.2) is 0 Å². The van der Waals surface area contributed by atoms with Crippen molar-refractivity contribution >= 4 is 39.8 Å². The first-order valence-electron chi connectivity index (χ1n) is 10.4. The molecule has 1 fully saturated rings. The van der Waals surface area contributed by atoms with Crippen molar-refractivity contribution in [3.05, 3.63) is 103 Å². The summed E-state index contributed by atoms with van der Waals surface area (Å²) in [6.07, 6.45) is 7.98. The molecule has 0 radical (unpaired) electrons. The Morgan fingerprint density at radius 2 is 1.21 bits per heavy atom. The van der Waals surface area contributed by atoms with E-state index >= 15 is 0 Å². The van der Waals surface area contributed by atoms with Crippen LogP contribution in [0.5, 0.6) is 0 Å². The van der Waals surface area contributed by atoms with Gasteiger partial charge in [-0.15, -0.1) is 0 Å². The second-order valence-corrected chi connectivity index (χ2v) is 10.4. The van der Waals surface area contributed by atoms with Crippen molar-refractivity contribution in [2.75, 3.05) is 5.33 Å². The highest BCUT2D eigenvalue weighted by Gasteiger charge is 2.20. The van der Waals surface area contributed by atoms with E-state index in [4.69, 9.17) is 0 Å². The number of allylic oxidation sites excluding steroid dienone is 2. The quantitative estimate of drug-likeness (QED) is 0.201. The van der Waals surface area contributed by atoms with Crippen LogP contribution in [0, 0.1) is 5.92 Å². The highest BCUT2D eigenvalue weighted by molar-refractivity contribution is 9.09. The Labute approximate surface area is 186 Å². The molecule has 29 heavy (non-hydrogen) atoms. The van der Waals surface area contributed by atoms with Gasteiger partial charge in [-0.25, -0.2) is 0 Å². The molecule has 0 N–H and O–H groups in total. The average Bonchev–Trinajstić information content (AvgIpc) is 3.60. The first kappa shape index (κ1) is 22.0. The molecule has 0 amide bonds. The zero-order valence-corrected chi connectivity index (χ0v) is 19.7. The molecule has 150 valence electrons. The van der Waals surface area contributed by atoms with E-state index in [9.17, 15) is 0 Å². The Hall–Kier alpha value is -1.69. The minimum Gasteiger partial charge on any atom is -0.0883 e. The van der Waals surface area contributed by atoms with Gasteiger partial charge in [-0.2, -0.15) is 0 Å². The predicted octanol–water partition coefficient (Wildman–Crippen LogP) is 6.96.